The summed E-state index contributed by atoms with van der Waals surface area (Å²) in [6.45, 7) is 0.708. The van der Waals surface area contributed by atoms with Crippen molar-refractivity contribution in [3.8, 4) is 0 Å². The van der Waals surface area contributed by atoms with Crippen molar-refractivity contribution < 1.29 is 23.1 Å². The average Bonchev–Trinajstić information content (AvgIpc) is 2.47. The van der Waals surface area contributed by atoms with Crippen molar-refractivity contribution in [3.05, 3.63) is 28.0 Å². The van der Waals surface area contributed by atoms with Crippen LogP contribution >= 0.6 is 15.9 Å². The van der Waals surface area contributed by atoms with Crippen LogP contribution in [-0.2, 0) is 4.74 Å². The molecule has 0 spiro atoms. The normalized spacial score (nSPS) is 20.2. The number of hydrogen-bond acceptors (Lipinski definition) is 4. The topological polar surface area (TPSA) is 85.5 Å². The maximum atomic E-state index is 13.7. The van der Waals surface area contributed by atoms with Crippen LogP contribution in [0, 0.1) is 6.92 Å². The van der Waals surface area contributed by atoms with E-state index in [1.54, 1.807) is 19.1 Å². The molecule has 1 aromatic rings. The van der Waals surface area contributed by atoms with Crippen molar-refractivity contribution in [1.82, 2.24) is 9.88 Å². The first-order valence-electron chi connectivity index (χ1n) is 6.94. The highest BCUT2D eigenvalue weighted by atomic mass is 79.9. The first-order chi connectivity index (χ1) is 10.7. The summed E-state index contributed by atoms with van der Waals surface area (Å²) < 4.78 is 32.6. The van der Waals surface area contributed by atoms with Gasteiger partial charge in [0.05, 0.1) is 12.6 Å². The summed E-state index contributed by atoms with van der Waals surface area (Å²) in [4.78, 5) is 28.5. The Morgan fingerprint density at radius 1 is 1.52 bits per heavy atom. The second-order valence-electron chi connectivity index (χ2n) is 5.41. The number of rotatable bonds is 3. The molecule has 9 heteroatoms. The molecule has 2 heterocycles. The average molecular weight is 392 g/mol. The second-order valence-corrected chi connectivity index (χ2v) is 6.22. The number of likely N-dealkylation sites (tertiary alicyclic amines) is 1. The van der Waals surface area contributed by atoms with E-state index >= 15 is 0 Å². The van der Waals surface area contributed by atoms with Gasteiger partial charge in [0.2, 0.25) is 0 Å². The Morgan fingerprint density at radius 3 is 2.87 bits per heavy atom. The van der Waals surface area contributed by atoms with Crippen molar-refractivity contribution in [1.29, 1.82) is 0 Å². The molecule has 1 fully saturated rings. The van der Waals surface area contributed by atoms with Crippen molar-refractivity contribution in [2.24, 2.45) is 5.73 Å². The fourth-order valence-electron chi connectivity index (χ4n) is 2.44. The standard InChI is InChI=1S/C14H16BrF2N3O3/c1-8-2-3-10(15)19-11(8)12(21)20-7-14(16,17)5-4-9(20)6-23-13(18)22/h2-3,9H,4-7H2,1H3,(H2,18,22). The summed E-state index contributed by atoms with van der Waals surface area (Å²) in [5.41, 5.74) is 5.56. The second kappa shape index (κ2) is 6.77. The van der Waals surface area contributed by atoms with Gasteiger partial charge in [0, 0.05) is 6.42 Å². The first kappa shape index (κ1) is 17.6. The molecule has 1 atom stereocenters. The van der Waals surface area contributed by atoms with E-state index in [9.17, 15) is 18.4 Å². The summed E-state index contributed by atoms with van der Waals surface area (Å²) in [5.74, 6) is -3.61. The summed E-state index contributed by atoms with van der Waals surface area (Å²) in [6, 6.07) is 2.67. The van der Waals surface area contributed by atoms with E-state index in [0.717, 1.165) is 4.90 Å². The molecular formula is C14H16BrF2N3O3. The van der Waals surface area contributed by atoms with Crippen molar-refractivity contribution in [2.75, 3.05) is 13.2 Å². The van der Waals surface area contributed by atoms with Crippen LogP contribution in [0.5, 0.6) is 0 Å². The number of pyridine rings is 1. The zero-order valence-corrected chi connectivity index (χ0v) is 14.0. The predicted octanol–water partition coefficient (Wildman–Crippen LogP) is 2.49. The van der Waals surface area contributed by atoms with Gasteiger partial charge >= 0.3 is 6.09 Å². The van der Waals surface area contributed by atoms with E-state index in [2.05, 4.69) is 20.9 Å². The van der Waals surface area contributed by atoms with Gasteiger partial charge in [-0.1, -0.05) is 6.07 Å². The Hall–Kier alpha value is -1.77. The minimum absolute atomic E-state index is 0.0130. The van der Waals surface area contributed by atoms with Gasteiger partial charge in [0.1, 0.15) is 16.9 Å². The first-order valence-corrected chi connectivity index (χ1v) is 7.73. The Labute approximate surface area is 140 Å². The van der Waals surface area contributed by atoms with Gasteiger partial charge in [-0.05, 0) is 40.9 Å². The lowest BCUT2D eigenvalue weighted by molar-refractivity contribution is -0.0789. The van der Waals surface area contributed by atoms with E-state index in [1.165, 1.54) is 0 Å². The van der Waals surface area contributed by atoms with E-state index in [0.29, 0.717) is 10.2 Å². The lowest BCUT2D eigenvalue weighted by Crippen LogP contribution is -2.53. The molecule has 0 aliphatic carbocycles. The minimum atomic E-state index is -2.99. The molecule has 126 valence electrons. The third kappa shape index (κ3) is 4.37. The summed E-state index contributed by atoms with van der Waals surface area (Å²) in [5, 5.41) is 0. The monoisotopic (exact) mass is 391 g/mol. The van der Waals surface area contributed by atoms with Gasteiger partial charge in [-0.3, -0.25) is 4.79 Å². The van der Waals surface area contributed by atoms with E-state index < -0.39 is 30.5 Å². The SMILES string of the molecule is Cc1ccc(Br)nc1C(=O)N1CC(F)(F)CCC1COC(N)=O. The van der Waals surface area contributed by atoms with Crippen LogP contribution in [0.1, 0.15) is 28.9 Å². The molecule has 1 saturated heterocycles. The number of carbonyl (C=O) groups is 2. The van der Waals surface area contributed by atoms with Gasteiger partial charge in [0.15, 0.2) is 0 Å². The Balaban J connectivity index is 2.27. The molecular weight excluding hydrogens is 376 g/mol. The highest BCUT2D eigenvalue weighted by molar-refractivity contribution is 9.10. The highest BCUT2D eigenvalue weighted by Gasteiger charge is 2.43. The molecule has 0 radical (unpaired) electrons. The van der Waals surface area contributed by atoms with Crippen LogP contribution in [0.15, 0.2) is 16.7 Å². The Bertz CT molecular complexity index is 627. The molecule has 6 nitrogen and oxygen atoms in total. The zero-order valence-electron chi connectivity index (χ0n) is 12.4. The summed E-state index contributed by atoms with van der Waals surface area (Å²) in [7, 11) is 0. The number of carbonyl (C=O) groups excluding carboxylic acids is 2. The fraction of sp³-hybridized carbons (Fsp3) is 0.500. The number of aromatic nitrogens is 1. The van der Waals surface area contributed by atoms with Gasteiger partial charge in [-0.15, -0.1) is 0 Å². The molecule has 0 aromatic carbocycles. The lowest BCUT2D eigenvalue weighted by Gasteiger charge is -2.39. The van der Waals surface area contributed by atoms with Crippen LogP contribution in [0.3, 0.4) is 0 Å². The van der Waals surface area contributed by atoms with E-state index in [4.69, 9.17) is 10.5 Å². The third-order valence-electron chi connectivity index (χ3n) is 3.63. The summed E-state index contributed by atoms with van der Waals surface area (Å²) >= 11 is 3.16. The maximum Gasteiger partial charge on any atom is 0.404 e. The molecule has 1 unspecified atom stereocenters. The Morgan fingerprint density at radius 2 is 2.22 bits per heavy atom. The number of hydrogen-bond donors (Lipinski definition) is 1. The van der Waals surface area contributed by atoms with Gasteiger partial charge in [0.25, 0.3) is 11.8 Å². The minimum Gasteiger partial charge on any atom is -0.448 e. The number of amides is 2. The number of halogens is 3. The van der Waals surface area contributed by atoms with Crippen LogP contribution in [0.4, 0.5) is 13.6 Å². The molecule has 1 aliphatic rings. The van der Waals surface area contributed by atoms with Crippen molar-refractivity contribution >= 4 is 27.9 Å². The zero-order chi connectivity index (χ0) is 17.2. The molecule has 2 rings (SSSR count). The number of primary amides is 1. The molecule has 23 heavy (non-hydrogen) atoms. The smallest absolute Gasteiger partial charge is 0.404 e. The van der Waals surface area contributed by atoms with Crippen LogP contribution in [-0.4, -0.2) is 47.0 Å². The lowest BCUT2D eigenvalue weighted by atomic mass is 9.98. The number of nitrogens with two attached hydrogens (primary N) is 1. The third-order valence-corrected chi connectivity index (χ3v) is 4.07. The number of alkyl halides is 2. The predicted molar refractivity (Wildman–Crippen MR) is 81.2 cm³/mol. The van der Waals surface area contributed by atoms with Gasteiger partial charge < -0.3 is 15.4 Å². The largest absolute Gasteiger partial charge is 0.448 e. The van der Waals surface area contributed by atoms with Gasteiger partial charge in [-0.25, -0.2) is 18.6 Å². The van der Waals surface area contributed by atoms with Crippen LogP contribution in [0.25, 0.3) is 0 Å². The number of nitrogens with zero attached hydrogens (tertiary/aromatic N) is 2. The summed E-state index contributed by atoms with van der Waals surface area (Å²) in [6.07, 6.45) is -1.38. The molecule has 0 saturated carbocycles. The van der Waals surface area contributed by atoms with E-state index in [1.807, 2.05) is 0 Å². The maximum absolute atomic E-state index is 13.7. The van der Waals surface area contributed by atoms with Crippen molar-refractivity contribution in [3.63, 3.8) is 0 Å². The van der Waals surface area contributed by atoms with Crippen molar-refractivity contribution in [2.45, 2.75) is 31.7 Å². The number of ether oxygens (including phenoxy) is 1. The Kier molecular flexibility index (Phi) is 5.18. The fourth-order valence-corrected chi connectivity index (χ4v) is 2.75. The molecule has 1 aromatic heterocycles. The molecule has 0 bridgehead atoms. The molecule has 2 amide bonds. The van der Waals surface area contributed by atoms with Gasteiger partial charge in [-0.2, -0.15) is 0 Å². The van der Waals surface area contributed by atoms with Crippen LogP contribution < -0.4 is 5.73 Å². The quantitative estimate of drug-likeness (QED) is 0.801. The van der Waals surface area contributed by atoms with E-state index in [-0.39, 0.29) is 25.1 Å². The number of piperidine rings is 1. The number of aryl methyl sites for hydroxylation is 1. The highest BCUT2D eigenvalue weighted by Crippen LogP contribution is 2.31. The molecule has 2 N–H and O–H groups in total. The molecule has 1 aliphatic heterocycles. The van der Waals surface area contributed by atoms with Crippen LogP contribution in [0.2, 0.25) is 0 Å².